The molecule has 28 heavy (non-hydrogen) atoms. The van der Waals surface area contributed by atoms with Gasteiger partial charge in [-0.05, 0) is 62.6 Å². The number of benzene rings is 2. The van der Waals surface area contributed by atoms with Crippen molar-refractivity contribution in [3.63, 3.8) is 0 Å². The molecule has 0 radical (unpaired) electrons. The van der Waals surface area contributed by atoms with Crippen LogP contribution in [0, 0.1) is 13.8 Å². The van der Waals surface area contributed by atoms with Gasteiger partial charge in [0.1, 0.15) is 5.75 Å². The quantitative estimate of drug-likeness (QED) is 0.742. The molecule has 2 N–H and O–H groups in total. The molecule has 1 amide bonds. The molecule has 0 spiro atoms. The molecular formula is C21H26N2O4S. The van der Waals surface area contributed by atoms with E-state index in [0.717, 1.165) is 42.5 Å². The van der Waals surface area contributed by atoms with Gasteiger partial charge in [-0.15, -0.1) is 0 Å². The molecule has 150 valence electrons. The van der Waals surface area contributed by atoms with E-state index in [2.05, 4.69) is 10.0 Å². The smallest absolute Gasteiger partial charge is 0.262 e. The van der Waals surface area contributed by atoms with Gasteiger partial charge in [-0.25, -0.2) is 13.1 Å². The number of amides is 1. The SMILES string of the molecule is Cc1ccc(NC(=O)COc2ccc(S(=O)(=O)NC3CCCC3)cc2)c(C)c1. The number of hydrogen-bond donors (Lipinski definition) is 2. The number of sulfonamides is 1. The van der Waals surface area contributed by atoms with Crippen LogP contribution in [-0.4, -0.2) is 27.0 Å². The Labute approximate surface area is 166 Å². The molecule has 1 saturated carbocycles. The fraction of sp³-hybridized carbons (Fsp3) is 0.381. The number of anilines is 1. The third-order valence-electron chi connectivity index (χ3n) is 4.84. The summed E-state index contributed by atoms with van der Waals surface area (Å²) in [5.74, 6) is 0.169. The zero-order valence-electron chi connectivity index (χ0n) is 16.2. The zero-order valence-corrected chi connectivity index (χ0v) is 17.0. The Morgan fingerprint density at radius 3 is 2.39 bits per heavy atom. The summed E-state index contributed by atoms with van der Waals surface area (Å²) in [6.45, 7) is 3.77. The molecule has 0 saturated heterocycles. The summed E-state index contributed by atoms with van der Waals surface area (Å²) in [5.41, 5.74) is 2.86. The summed E-state index contributed by atoms with van der Waals surface area (Å²) in [6, 6.07) is 11.9. The van der Waals surface area contributed by atoms with E-state index < -0.39 is 10.0 Å². The third-order valence-corrected chi connectivity index (χ3v) is 6.37. The lowest BCUT2D eigenvalue weighted by Crippen LogP contribution is -2.32. The monoisotopic (exact) mass is 402 g/mol. The summed E-state index contributed by atoms with van der Waals surface area (Å²) < 4.78 is 33.0. The number of ether oxygens (including phenoxy) is 1. The predicted octanol–water partition coefficient (Wildman–Crippen LogP) is 3.54. The Hall–Kier alpha value is -2.38. The van der Waals surface area contributed by atoms with Crippen LogP contribution in [0.4, 0.5) is 5.69 Å². The molecule has 1 aliphatic carbocycles. The fourth-order valence-corrected chi connectivity index (χ4v) is 4.64. The summed E-state index contributed by atoms with van der Waals surface area (Å²) in [6.07, 6.45) is 3.89. The molecule has 0 heterocycles. The van der Waals surface area contributed by atoms with E-state index in [4.69, 9.17) is 4.74 Å². The number of hydrogen-bond acceptors (Lipinski definition) is 4. The molecule has 0 bridgehead atoms. The van der Waals surface area contributed by atoms with Crippen molar-refractivity contribution in [3.8, 4) is 5.75 Å². The van der Waals surface area contributed by atoms with Gasteiger partial charge < -0.3 is 10.1 Å². The van der Waals surface area contributed by atoms with Crippen molar-refractivity contribution in [3.05, 3.63) is 53.6 Å². The first-order valence-electron chi connectivity index (χ1n) is 9.46. The van der Waals surface area contributed by atoms with Crippen molar-refractivity contribution in [2.75, 3.05) is 11.9 Å². The van der Waals surface area contributed by atoms with Gasteiger partial charge in [0.25, 0.3) is 5.91 Å². The van der Waals surface area contributed by atoms with Crippen LogP contribution in [0.15, 0.2) is 47.4 Å². The maximum Gasteiger partial charge on any atom is 0.262 e. The van der Waals surface area contributed by atoms with E-state index in [1.54, 1.807) is 12.1 Å². The van der Waals surface area contributed by atoms with Crippen molar-refractivity contribution in [1.29, 1.82) is 0 Å². The molecule has 7 heteroatoms. The van der Waals surface area contributed by atoms with E-state index in [9.17, 15) is 13.2 Å². The molecule has 0 aliphatic heterocycles. The molecule has 1 aliphatic rings. The largest absolute Gasteiger partial charge is 0.484 e. The van der Waals surface area contributed by atoms with E-state index in [1.807, 2.05) is 32.0 Å². The minimum absolute atomic E-state index is 0.0230. The third kappa shape index (κ3) is 5.33. The number of carbonyl (C=O) groups excluding carboxylic acids is 1. The van der Waals surface area contributed by atoms with Gasteiger partial charge in [0, 0.05) is 11.7 Å². The van der Waals surface area contributed by atoms with Crippen molar-refractivity contribution in [1.82, 2.24) is 4.72 Å². The summed E-state index contributed by atoms with van der Waals surface area (Å²) in [4.78, 5) is 12.3. The second-order valence-electron chi connectivity index (χ2n) is 7.23. The highest BCUT2D eigenvalue weighted by Gasteiger charge is 2.22. The minimum atomic E-state index is -3.53. The maximum atomic E-state index is 12.4. The average Bonchev–Trinajstić information content (AvgIpc) is 3.15. The first kappa shape index (κ1) is 20.4. The lowest BCUT2D eigenvalue weighted by Gasteiger charge is -2.13. The van der Waals surface area contributed by atoms with E-state index in [-0.39, 0.29) is 23.5 Å². The van der Waals surface area contributed by atoms with Gasteiger partial charge in [-0.2, -0.15) is 0 Å². The normalized spacial score (nSPS) is 14.8. The Kier molecular flexibility index (Phi) is 6.36. The van der Waals surface area contributed by atoms with Gasteiger partial charge in [-0.1, -0.05) is 30.5 Å². The molecule has 0 atom stereocenters. The number of rotatable bonds is 7. The van der Waals surface area contributed by atoms with Crippen molar-refractivity contribution in [2.45, 2.75) is 50.5 Å². The molecule has 2 aromatic rings. The molecule has 1 fully saturated rings. The van der Waals surface area contributed by atoms with E-state index in [1.165, 1.54) is 12.1 Å². The van der Waals surface area contributed by atoms with E-state index in [0.29, 0.717) is 5.75 Å². The highest BCUT2D eigenvalue weighted by molar-refractivity contribution is 7.89. The second kappa shape index (κ2) is 8.75. The summed E-state index contributed by atoms with van der Waals surface area (Å²) >= 11 is 0. The Morgan fingerprint density at radius 2 is 1.75 bits per heavy atom. The second-order valence-corrected chi connectivity index (χ2v) is 8.94. The lowest BCUT2D eigenvalue weighted by atomic mass is 10.1. The van der Waals surface area contributed by atoms with Crippen molar-refractivity contribution in [2.24, 2.45) is 0 Å². The van der Waals surface area contributed by atoms with Gasteiger partial charge >= 0.3 is 0 Å². The van der Waals surface area contributed by atoms with Crippen LogP contribution in [0.25, 0.3) is 0 Å². The Bertz CT molecular complexity index is 933. The van der Waals surface area contributed by atoms with Crippen LogP contribution in [0.2, 0.25) is 0 Å². The fourth-order valence-electron chi connectivity index (χ4n) is 3.34. The van der Waals surface area contributed by atoms with Crippen molar-refractivity contribution < 1.29 is 17.9 Å². The molecular weight excluding hydrogens is 376 g/mol. The molecule has 0 aromatic heterocycles. The van der Waals surface area contributed by atoms with Crippen LogP contribution in [-0.2, 0) is 14.8 Å². The highest BCUT2D eigenvalue weighted by atomic mass is 32.2. The van der Waals surface area contributed by atoms with Crippen LogP contribution >= 0.6 is 0 Å². The van der Waals surface area contributed by atoms with Crippen LogP contribution in [0.3, 0.4) is 0 Å². The zero-order chi connectivity index (χ0) is 20.1. The van der Waals surface area contributed by atoms with Crippen molar-refractivity contribution >= 4 is 21.6 Å². The number of aryl methyl sites for hydroxylation is 2. The predicted molar refractivity (Wildman–Crippen MR) is 109 cm³/mol. The first-order chi connectivity index (χ1) is 13.3. The van der Waals surface area contributed by atoms with Gasteiger partial charge in [0.2, 0.25) is 10.0 Å². The highest BCUT2D eigenvalue weighted by Crippen LogP contribution is 2.22. The van der Waals surface area contributed by atoms with Crippen LogP contribution in [0.1, 0.15) is 36.8 Å². The summed E-state index contributed by atoms with van der Waals surface area (Å²) in [7, 11) is -3.53. The maximum absolute atomic E-state index is 12.4. The topological polar surface area (TPSA) is 84.5 Å². The van der Waals surface area contributed by atoms with Gasteiger partial charge in [0.15, 0.2) is 6.61 Å². The summed E-state index contributed by atoms with van der Waals surface area (Å²) in [5, 5.41) is 2.81. The lowest BCUT2D eigenvalue weighted by molar-refractivity contribution is -0.118. The molecule has 3 rings (SSSR count). The van der Waals surface area contributed by atoms with Crippen LogP contribution in [0.5, 0.6) is 5.75 Å². The van der Waals surface area contributed by atoms with E-state index >= 15 is 0 Å². The van der Waals surface area contributed by atoms with Gasteiger partial charge in [0.05, 0.1) is 4.90 Å². The van der Waals surface area contributed by atoms with Gasteiger partial charge in [-0.3, -0.25) is 4.79 Å². The molecule has 6 nitrogen and oxygen atoms in total. The Morgan fingerprint density at radius 1 is 1.07 bits per heavy atom. The number of nitrogens with one attached hydrogen (secondary N) is 2. The minimum Gasteiger partial charge on any atom is -0.484 e. The Balaban J connectivity index is 1.54. The molecule has 0 unspecified atom stereocenters. The van der Waals surface area contributed by atoms with Crippen LogP contribution < -0.4 is 14.8 Å². The average molecular weight is 403 g/mol. The molecule has 2 aromatic carbocycles. The number of carbonyl (C=O) groups is 1. The standard InChI is InChI=1S/C21H26N2O4S/c1-15-7-12-20(16(2)13-15)22-21(24)14-27-18-8-10-19(11-9-18)28(25,26)23-17-5-3-4-6-17/h7-13,17,23H,3-6,14H2,1-2H3,(H,22,24). The first-order valence-corrected chi connectivity index (χ1v) is 10.9.